The van der Waals surface area contributed by atoms with Crippen molar-refractivity contribution in [1.29, 1.82) is 0 Å². The van der Waals surface area contributed by atoms with E-state index in [-0.39, 0.29) is 0 Å². The second-order valence-electron chi connectivity index (χ2n) is 4.21. The van der Waals surface area contributed by atoms with Crippen LogP contribution in [0.2, 0.25) is 0 Å². The fourth-order valence-corrected chi connectivity index (χ4v) is 1.82. The molecule has 0 radical (unpaired) electrons. The Morgan fingerprint density at radius 3 is 2.84 bits per heavy atom. The van der Waals surface area contributed by atoms with Gasteiger partial charge < -0.3 is 9.88 Å². The van der Waals surface area contributed by atoms with Crippen molar-refractivity contribution in [2.75, 3.05) is 6.54 Å². The third-order valence-corrected chi connectivity index (χ3v) is 2.82. The molecule has 2 rings (SSSR count). The van der Waals surface area contributed by atoms with Crippen molar-refractivity contribution in [3.8, 4) is 0 Å². The van der Waals surface area contributed by atoms with Crippen LogP contribution in [-0.2, 0) is 13.1 Å². The Morgan fingerprint density at radius 1 is 1.21 bits per heavy atom. The molecule has 0 bridgehead atoms. The predicted octanol–water partition coefficient (Wildman–Crippen LogP) is 2.04. The van der Waals surface area contributed by atoms with Gasteiger partial charge in [-0.3, -0.25) is 4.57 Å². The summed E-state index contributed by atoms with van der Waals surface area (Å²) in [4.78, 5) is 7.87. The van der Waals surface area contributed by atoms with E-state index >= 15 is 0 Å². The molecular weight excluding hydrogens is 252 g/mol. The first-order valence-corrected chi connectivity index (χ1v) is 6.23. The minimum absolute atomic E-state index is 0.364. The Balaban J connectivity index is 1.60. The fourth-order valence-electron chi connectivity index (χ4n) is 1.82. The molecule has 0 aliphatic heterocycles. The Morgan fingerprint density at radius 2 is 2.11 bits per heavy atom. The van der Waals surface area contributed by atoms with E-state index < -0.39 is 6.55 Å². The van der Waals surface area contributed by atoms with Crippen LogP contribution in [0.1, 0.15) is 25.2 Å². The number of aryl methyl sites for hydroxylation is 1. The summed E-state index contributed by atoms with van der Waals surface area (Å²) in [6.45, 7) is -0.457. The molecule has 2 aromatic heterocycles. The minimum Gasteiger partial charge on any atom is -0.337 e. The molecule has 104 valence electrons. The summed E-state index contributed by atoms with van der Waals surface area (Å²) in [6, 6.07) is 0. The lowest BCUT2D eigenvalue weighted by Gasteiger charge is -2.07. The molecule has 2 heterocycles. The first-order valence-electron chi connectivity index (χ1n) is 6.23. The SMILES string of the molecule is FC(F)n1ccnc1CNCCCCn1ccnc1. The van der Waals surface area contributed by atoms with Crippen LogP contribution in [0.5, 0.6) is 0 Å². The molecule has 0 spiro atoms. The topological polar surface area (TPSA) is 47.7 Å². The lowest BCUT2D eigenvalue weighted by molar-refractivity contribution is 0.0666. The number of unbranched alkanes of at least 4 members (excludes halogenated alkanes) is 1. The maximum Gasteiger partial charge on any atom is 0.319 e. The Kier molecular flexibility index (Phi) is 5.02. The number of rotatable bonds is 8. The highest BCUT2D eigenvalue weighted by Gasteiger charge is 2.10. The predicted molar refractivity (Wildman–Crippen MR) is 66.6 cm³/mol. The van der Waals surface area contributed by atoms with Crippen molar-refractivity contribution in [3.63, 3.8) is 0 Å². The zero-order valence-corrected chi connectivity index (χ0v) is 10.5. The molecule has 0 aliphatic rings. The van der Waals surface area contributed by atoms with Crippen LogP contribution in [0, 0.1) is 0 Å². The molecule has 0 amide bonds. The highest BCUT2D eigenvalue weighted by molar-refractivity contribution is 4.92. The summed E-state index contributed by atoms with van der Waals surface area (Å²) in [6.07, 6.45) is 10.1. The molecule has 0 aliphatic carbocycles. The van der Waals surface area contributed by atoms with Crippen LogP contribution in [-0.4, -0.2) is 25.6 Å². The van der Waals surface area contributed by atoms with Crippen molar-refractivity contribution >= 4 is 0 Å². The first-order chi connectivity index (χ1) is 9.27. The zero-order valence-electron chi connectivity index (χ0n) is 10.5. The second-order valence-corrected chi connectivity index (χ2v) is 4.21. The van der Waals surface area contributed by atoms with Gasteiger partial charge >= 0.3 is 6.55 Å². The maximum absolute atomic E-state index is 12.5. The smallest absolute Gasteiger partial charge is 0.319 e. The van der Waals surface area contributed by atoms with Gasteiger partial charge in [-0.05, 0) is 19.4 Å². The number of alkyl halides is 2. The lowest BCUT2D eigenvalue weighted by atomic mass is 10.3. The van der Waals surface area contributed by atoms with E-state index in [1.165, 1.54) is 12.4 Å². The average molecular weight is 269 g/mol. The summed E-state index contributed by atoms with van der Waals surface area (Å²) < 4.78 is 28.0. The molecule has 1 N–H and O–H groups in total. The number of hydrogen-bond acceptors (Lipinski definition) is 3. The van der Waals surface area contributed by atoms with Crippen molar-refractivity contribution in [1.82, 2.24) is 24.4 Å². The number of halogens is 2. The molecule has 19 heavy (non-hydrogen) atoms. The first kappa shape index (κ1) is 13.7. The number of aromatic nitrogens is 4. The van der Waals surface area contributed by atoms with E-state index in [2.05, 4.69) is 15.3 Å². The monoisotopic (exact) mass is 269 g/mol. The summed E-state index contributed by atoms with van der Waals surface area (Å²) in [5.41, 5.74) is 0. The Labute approximate surface area is 110 Å². The third-order valence-electron chi connectivity index (χ3n) is 2.82. The van der Waals surface area contributed by atoms with Gasteiger partial charge in [0.05, 0.1) is 12.9 Å². The van der Waals surface area contributed by atoms with Crippen molar-refractivity contribution in [3.05, 3.63) is 36.9 Å². The molecule has 0 saturated heterocycles. The highest BCUT2D eigenvalue weighted by atomic mass is 19.3. The van der Waals surface area contributed by atoms with Crippen molar-refractivity contribution in [2.24, 2.45) is 0 Å². The van der Waals surface area contributed by atoms with Gasteiger partial charge in [-0.1, -0.05) is 0 Å². The van der Waals surface area contributed by atoms with E-state index in [0.717, 1.165) is 30.5 Å². The van der Waals surface area contributed by atoms with Crippen LogP contribution in [0.3, 0.4) is 0 Å². The lowest BCUT2D eigenvalue weighted by Crippen LogP contribution is -2.18. The van der Waals surface area contributed by atoms with Gasteiger partial charge in [-0.2, -0.15) is 8.78 Å². The third kappa shape index (κ3) is 4.13. The summed E-state index contributed by atoms with van der Waals surface area (Å²) in [5.74, 6) is 0.365. The van der Waals surface area contributed by atoms with E-state index in [4.69, 9.17) is 0 Å². The summed E-state index contributed by atoms with van der Waals surface area (Å²) in [7, 11) is 0. The molecule has 5 nitrogen and oxygen atoms in total. The van der Waals surface area contributed by atoms with Crippen LogP contribution >= 0.6 is 0 Å². The van der Waals surface area contributed by atoms with Gasteiger partial charge in [0.15, 0.2) is 0 Å². The molecule has 2 aromatic rings. The Hall–Kier alpha value is -1.76. The van der Waals surface area contributed by atoms with Gasteiger partial charge in [0.25, 0.3) is 0 Å². The van der Waals surface area contributed by atoms with Gasteiger partial charge in [-0.25, -0.2) is 9.97 Å². The van der Waals surface area contributed by atoms with Gasteiger partial charge in [0.1, 0.15) is 5.82 Å². The van der Waals surface area contributed by atoms with E-state index in [1.54, 1.807) is 12.5 Å². The number of nitrogens with zero attached hydrogens (tertiary/aromatic N) is 4. The minimum atomic E-state index is -2.53. The van der Waals surface area contributed by atoms with E-state index in [1.807, 2.05) is 10.8 Å². The molecule has 0 unspecified atom stereocenters. The highest BCUT2D eigenvalue weighted by Crippen LogP contribution is 2.11. The maximum atomic E-state index is 12.5. The van der Waals surface area contributed by atoms with Gasteiger partial charge in [-0.15, -0.1) is 0 Å². The van der Waals surface area contributed by atoms with Crippen LogP contribution < -0.4 is 5.32 Å². The molecular formula is C12H17F2N5. The number of nitrogens with one attached hydrogen (secondary N) is 1. The van der Waals surface area contributed by atoms with Crippen molar-refractivity contribution < 1.29 is 8.78 Å². The summed E-state index contributed by atoms with van der Waals surface area (Å²) in [5, 5.41) is 3.12. The number of hydrogen-bond donors (Lipinski definition) is 1. The van der Waals surface area contributed by atoms with Gasteiger partial charge in [0, 0.05) is 31.3 Å². The normalized spacial score (nSPS) is 11.3. The number of imidazole rings is 2. The average Bonchev–Trinajstić information content (AvgIpc) is 3.04. The van der Waals surface area contributed by atoms with Crippen LogP contribution in [0.25, 0.3) is 0 Å². The Bertz CT molecular complexity index is 466. The summed E-state index contributed by atoms with van der Waals surface area (Å²) >= 11 is 0. The van der Waals surface area contributed by atoms with Crippen molar-refractivity contribution in [2.45, 2.75) is 32.5 Å². The van der Waals surface area contributed by atoms with E-state index in [9.17, 15) is 8.78 Å². The second kappa shape index (κ2) is 6.98. The largest absolute Gasteiger partial charge is 0.337 e. The molecule has 0 atom stereocenters. The van der Waals surface area contributed by atoms with Crippen LogP contribution in [0.15, 0.2) is 31.1 Å². The zero-order chi connectivity index (χ0) is 13.5. The molecule has 0 aromatic carbocycles. The molecule has 7 heteroatoms. The molecule has 0 fully saturated rings. The fraction of sp³-hybridized carbons (Fsp3) is 0.500. The molecule has 0 saturated carbocycles. The quantitative estimate of drug-likeness (QED) is 0.746. The van der Waals surface area contributed by atoms with Gasteiger partial charge in [0.2, 0.25) is 0 Å². The standard InChI is InChI=1S/C12H17F2N5/c13-12(14)19-8-5-17-11(19)9-15-3-1-2-6-18-7-4-16-10-18/h4-5,7-8,10,12,15H,1-3,6,9H2. The van der Waals surface area contributed by atoms with E-state index in [0.29, 0.717) is 12.4 Å². The van der Waals surface area contributed by atoms with Crippen LogP contribution in [0.4, 0.5) is 8.78 Å².